The predicted molar refractivity (Wildman–Crippen MR) is 161 cm³/mol. The van der Waals surface area contributed by atoms with Gasteiger partial charge < -0.3 is 10.1 Å². The molecule has 0 atom stereocenters. The van der Waals surface area contributed by atoms with Crippen molar-refractivity contribution in [3.05, 3.63) is 93.3 Å². The van der Waals surface area contributed by atoms with Crippen molar-refractivity contribution in [1.82, 2.24) is 10.4 Å². The molecule has 1 aromatic heterocycles. The molecule has 0 aliphatic rings. The first-order chi connectivity index (χ1) is 18.5. The van der Waals surface area contributed by atoms with Crippen molar-refractivity contribution in [2.24, 2.45) is 5.10 Å². The van der Waals surface area contributed by atoms with E-state index in [1.807, 2.05) is 47.8 Å². The van der Waals surface area contributed by atoms with Crippen molar-refractivity contribution in [1.29, 1.82) is 0 Å². The maximum absolute atomic E-state index is 12.6. The number of aromatic nitrogens is 1. The largest absolute Gasteiger partial charge is 0.493 e. The van der Waals surface area contributed by atoms with Crippen LogP contribution in [0.15, 0.2) is 81.7 Å². The second-order valence-corrected chi connectivity index (χ2v) is 10.7. The van der Waals surface area contributed by atoms with Crippen molar-refractivity contribution >= 4 is 50.2 Å². The third-order valence-corrected chi connectivity index (χ3v) is 7.10. The number of nitrogens with zero attached hydrogens (tertiary/aromatic N) is 2. The van der Waals surface area contributed by atoms with Crippen LogP contribution in [0.5, 0.6) is 5.75 Å². The summed E-state index contributed by atoms with van der Waals surface area (Å²) in [4.78, 5) is 17.3. The second-order valence-electron chi connectivity index (χ2n) is 8.90. The van der Waals surface area contributed by atoms with Gasteiger partial charge in [-0.3, -0.25) is 4.79 Å². The molecule has 0 aliphatic heterocycles. The molecule has 0 radical (unpaired) electrons. The number of aryl methyl sites for hydroxylation is 1. The van der Waals surface area contributed by atoms with Crippen LogP contribution in [-0.4, -0.2) is 23.7 Å². The third kappa shape index (κ3) is 8.00. The molecule has 3 aromatic carbocycles. The Kier molecular flexibility index (Phi) is 10.1. The van der Waals surface area contributed by atoms with Crippen LogP contribution in [0.2, 0.25) is 0 Å². The molecular weight excluding hydrogens is 560 g/mol. The van der Waals surface area contributed by atoms with Gasteiger partial charge in [0.05, 0.1) is 18.5 Å². The van der Waals surface area contributed by atoms with Crippen LogP contribution < -0.4 is 15.5 Å². The fraction of sp³-hybridized carbons (Fsp3) is 0.233. The molecule has 0 aliphatic carbocycles. The first-order valence-electron chi connectivity index (χ1n) is 12.7. The van der Waals surface area contributed by atoms with E-state index in [1.54, 1.807) is 18.3 Å². The minimum Gasteiger partial charge on any atom is -0.493 e. The van der Waals surface area contributed by atoms with Gasteiger partial charge in [-0.25, -0.2) is 10.4 Å². The Morgan fingerprint density at radius 3 is 2.61 bits per heavy atom. The van der Waals surface area contributed by atoms with Gasteiger partial charge in [0.2, 0.25) is 0 Å². The van der Waals surface area contributed by atoms with Gasteiger partial charge in [0.15, 0.2) is 5.13 Å². The van der Waals surface area contributed by atoms with Crippen LogP contribution in [0, 0.1) is 6.92 Å². The highest BCUT2D eigenvalue weighted by Gasteiger charge is 2.09. The van der Waals surface area contributed by atoms with Crippen molar-refractivity contribution in [2.45, 2.75) is 39.5 Å². The van der Waals surface area contributed by atoms with Gasteiger partial charge in [0.25, 0.3) is 5.91 Å². The number of rotatable bonds is 12. The summed E-state index contributed by atoms with van der Waals surface area (Å²) in [6.07, 6.45) is 6.17. The van der Waals surface area contributed by atoms with Gasteiger partial charge in [-0.2, -0.15) is 5.10 Å². The van der Waals surface area contributed by atoms with E-state index in [9.17, 15) is 4.79 Å². The standard InChI is InChI=1S/C30H31BrN4O2S/c1-3-4-5-6-17-37-28-16-13-25(31)18-24(28)19-32-35-29(36)23-11-9-22(10-12-23)27-20-38-30(34-27)33-26-14-7-21(2)8-15-26/h7-16,18-20H,3-6,17H2,1-2H3,(H,33,34)(H,35,36)/b32-19+. The molecule has 4 rings (SSSR count). The van der Waals surface area contributed by atoms with E-state index in [-0.39, 0.29) is 5.91 Å². The Morgan fingerprint density at radius 2 is 1.84 bits per heavy atom. The number of hydrazone groups is 1. The van der Waals surface area contributed by atoms with E-state index in [0.717, 1.165) is 50.7 Å². The van der Waals surface area contributed by atoms with E-state index >= 15 is 0 Å². The minimum absolute atomic E-state index is 0.287. The van der Waals surface area contributed by atoms with E-state index in [1.165, 1.54) is 29.7 Å². The molecule has 1 heterocycles. The molecule has 0 unspecified atom stereocenters. The van der Waals surface area contributed by atoms with E-state index < -0.39 is 0 Å². The van der Waals surface area contributed by atoms with Crippen molar-refractivity contribution < 1.29 is 9.53 Å². The zero-order valence-corrected chi connectivity index (χ0v) is 23.9. The van der Waals surface area contributed by atoms with Crippen LogP contribution in [0.3, 0.4) is 0 Å². The molecule has 0 saturated heterocycles. The maximum Gasteiger partial charge on any atom is 0.271 e. The number of carbonyl (C=O) groups excluding carboxylic acids is 1. The first-order valence-corrected chi connectivity index (χ1v) is 14.3. The van der Waals surface area contributed by atoms with Crippen LogP contribution in [0.4, 0.5) is 10.8 Å². The number of thiazole rings is 1. The molecule has 0 saturated carbocycles. The fourth-order valence-corrected chi connectivity index (χ4v) is 4.82. The van der Waals surface area contributed by atoms with Gasteiger partial charge in [-0.1, -0.05) is 71.9 Å². The van der Waals surface area contributed by atoms with Gasteiger partial charge >= 0.3 is 0 Å². The van der Waals surface area contributed by atoms with Gasteiger partial charge in [-0.05, 0) is 55.8 Å². The molecule has 0 spiro atoms. The average Bonchev–Trinajstić information content (AvgIpc) is 3.39. The van der Waals surface area contributed by atoms with E-state index in [0.29, 0.717) is 12.2 Å². The average molecular weight is 592 g/mol. The third-order valence-electron chi connectivity index (χ3n) is 5.85. The van der Waals surface area contributed by atoms with Crippen LogP contribution in [0.25, 0.3) is 11.3 Å². The van der Waals surface area contributed by atoms with Crippen LogP contribution >= 0.6 is 27.3 Å². The molecule has 0 bridgehead atoms. The summed E-state index contributed by atoms with van der Waals surface area (Å²) in [5.74, 6) is 0.455. The molecule has 196 valence electrons. The normalized spacial score (nSPS) is 11.0. The lowest BCUT2D eigenvalue weighted by atomic mass is 10.1. The topological polar surface area (TPSA) is 75.6 Å². The maximum atomic E-state index is 12.6. The highest BCUT2D eigenvalue weighted by Crippen LogP contribution is 2.27. The molecule has 38 heavy (non-hydrogen) atoms. The number of nitrogens with one attached hydrogen (secondary N) is 2. The lowest BCUT2D eigenvalue weighted by Crippen LogP contribution is -2.17. The number of amides is 1. The lowest BCUT2D eigenvalue weighted by molar-refractivity contribution is 0.0955. The smallest absolute Gasteiger partial charge is 0.271 e. The first kappa shape index (κ1) is 27.5. The van der Waals surface area contributed by atoms with Crippen molar-refractivity contribution in [2.75, 3.05) is 11.9 Å². The molecule has 8 heteroatoms. The monoisotopic (exact) mass is 590 g/mol. The van der Waals surface area contributed by atoms with E-state index in [4.69, 9.17) is 4.74 Å². The molecule has 4 aromatic rings. The summed E-state index contributed by atoms with van der Waals surface area (Å²) in [5, 5.41) is 10.3. The van der Waals surface area contributed by atoms with Crippen LogP contribution in [0.1, 0.15) is 54.1 Å². The molecule has 6 nitrogen and oxygen atoms in total. The summed E-state index contributed by atoms with van der Waals surface area (Å²) >= 11 is 5.03. The summed E-state index contributed by atoms with van der Waals surface area (Å²) in [6, 6.07) is 21.3. The number of benzene rings is 3. The summed E-state index contributed by atoms with van der Waals surface area (Å²) in [6.45, 7) is 4.91. The van der Waals surface area contributed by atoms with Gasteiger partial charge in [0.1, 0.15) is 5.75 Å². The van der Waals surface area contributed by atoms with Crippen LogP contribution in [-0.2, 0) is 0 Å². The molecule has 0 fully saturated rings. The molecule has 1 amide bonds. The zero-order valence-electron chi connectivity index (χ0n) is 21.5. The second kappa shape index (κ2) is 13.9. The lowest BCUT2D eigenvalue weighted by Gasteiger charge is -2.09. The summed E-state index contributed by atoms with van der Waals surface area (Å²) in [7, 11) is 0. The van der Waals surface area contributed by atoms with Gasteiger partial charge in [0, 0.05) is 32.2 Å². The number of carbonyl (C=O) groups is 1. The Balaban J connectivity index is 1.33. The Labute approximate surface area is 236 Å². The zero-order chi connectivity index (χ0) is 26.7. The highest BCUT2D eigenvalue weighted by atomic mass is 79.9. The number of hydrogen-bond acceptors (Lipinski definition) is 6. The number of unbranched alkanes of at least 4 members (excludes halogenated alkanes) is 3. The fourth-order valence-electron chi connectivity index (χ4n) is 3.70. The summed E-state index contributed by atoms with van der Waals surface area (Å²) in [5.41, 5.74) is 7.92. The summed E-state index contributed by atoms with van der Waals surface area (Å²) < 4.78 is 6.86. The quantitative estimate of drug-likeness (QED) is 0.0987. The number of hydrogen-bond donors (Lipinski definition) is 2. The Hall–Kier alpha value is -3.49. The minimum atomic E-state index is -0.287. The van der Waals surface area contributed by atoms with Crippen molar-refractivity contribution in [3.63, 3.8) is 0 Å². The predicted octanol–water partition coefficient (Wildman–Crippen LogP) is 8.35. The Morgan fingerprint density at radius 1 is 1.05 bits per heavy atom. The highest BCUT2D eigenvalue weighted by molar-refractivity contribution is 9.10. The SMILES string of the molecule is CCCCCCOc1ccc(Br)cc1/C=N/NC(=O)c1ccc(-c2csc(Nc3ccc(C)cc3)n2)cc1. The van der Waals surface area contributed by atoms with E-state index in [2.05, 4.69) is 62.7 Å². The number of anilines is 2. The van der Waals surface area contributed by atoms with Gasteiger partial charge in [-0.15, -0.1) is 11.3 Å². The number of halogens is 1. The molecule has 2 N–H and O–H groups in total. The molecular formula is C30H31BrN4O2S. The van der Waals surface area contributed by atoms with Crippen molar-refractivity contribution in [3.8, 4) is 17.0 Å². The Bertz CT molecular complexity index is 1370. The number of ether oxygens (including phenoxy) is 1.